The number of aliphatic hydroxyl groups excluding tert-OH is 1. The van der Waals surface area contributed by atoms with E-state index in [2.05, 4.69) is 28.8 Å². The van der Waals surface area contributed by atoms with Crippen molar-refractivity contribution in [1.29, 1.82) is 0 Å². The van der Waals surface area contributed by atoms with Crippen molar-refractivity contribution in [3.05, 3.63) is 47.8 Å². The normalized spacial score (nSPS) is 11.4. The number of rotatable bonds is 7. The number of benzene rings is 1. The molecule has 3 aromatic rings. The Balaban J connectivity index is 1.87. The zero-order valence-electron chi connectivity index (χ0n) is 15.4. The van der Waals surface area contributed by atoms with Gasteiger partial charge in [-0.15, -0.1) is 0 Å². The van der Waals surface area contributed by atoms with Crippen molar-refractivity contribution < 1.29 is 9.90 Å². The Kier molecular flexibility index (Phi) is 5.37. The molecule has 3 rings (SSSR count). The number of aryl methyl sites for hydroxylation is 1. The number of amides is 1. The number of nitrogens with one attached hydrogen (secondary N) is 1. The van der Waals surface area contributed by atoms with Crippen LogP contribution in [0.4, 0.5) is 0 Å². The topological polar surface area (TPSA) is 87.0 Å². The number of H-pyrrole nitrogens is 1. The molecule has 0 aliphatic heterocycles. The summed E-state index contributed by atoms with van der Waals surface area (Å²) in [5, 5.41) is 9.37. The van der Waals surface area contributed by atoms with Crippen LogP contribution in [0.15, 0.2) is 30.5 Å². The second kappa shape index (κ2) is 7.70. The molecule has 26 heavy (non-hydrogen) atoms. The van der Waals surface area contributed by atoms with E-state index >= 15 is 0 Å². The van der Waals surface area contributed by atoms with Gasteiger partial charge in [-0.25, -0.2) is 9.97 Å². The van der Waals surface area contributed by atoms with Gasteiger partial charge in [0.2, 0.25) is 5.91 Å². The Bertz CT molecular complexity index is 896. The predicted octanol–water partition coefficient (Wildman–Crippen LogP) is 2.21. The van der Waals surface area contributed by atoms with Crippen molar-refractivity contribution >= 4 is 16.9 Å². The van der Waals surface area contributed by atoms with Crippen molar-refractivity contribution in [2.75, 3.05) is 13.2 Å². The van der Waals surface area contributed by atoms with E-state index in [1.807, 2.05) is 35.8 Å². The van der Waals surface area contributed by atoms with Crippen LogP contribution in [0.3, 0.4) is 0 Å². The average Bonchev–Trinajstić information content (AvgIpc) is 3.18. The SMILES string of the molecule is Cc1ncc(CN(CCO)C(=O)Cn2c(C(C)C)nc3ccccc32)[nH]1. The van der Waals surface area contributed by atoms with Crippen LogP contribution in [0.2, 0.25) is 0 Å². The maximum absolute atomic E-state index is 13.0. The van der Waals surface area contributed by atoms with Gasteiger partial charge in [0.25, 0.3) is 0 Å². The molecule has 0 bridgehead atoms. The van der Waals surface area contributed by atoms with Crippen molar-refractivity contribution in [1.82, 2.24) is 24.4 Å². The smallest absolute Gasteiger partial charge is 0.243 e. The van der Waals surface area contributed by atoms with Gasteiger partial charge in [0.1, 0.15) is 18.2 Å². The summed E-state index contributed by atoms with van der Waals surface area (Å²) in [6.45, 7) is 6.79. The van der Waals surface area contributed by atoms with Gasteiger partial charge >= 0.3 is 0 Å². The summed E-state index contributed by atoms with van der Waals surface area (Å²) in [6, 6.07) is 7.84. The molecule has 0 saturated heterocycles. The first-order chi connectivity index (χ1) is 12.5. The van der Waals surface area contributed by atoms with E-state index in [0.29, 0.717) is 6.54 Å². The van der Waals surface area contributed by atoms with Gasteiger partial charge < -0.3 is 19.6 Å². The zero-order valence-corrected chi connectivity index (χ0v) is 15.4. The lowest BCUT2D eigenvalue weighted by Crippen LogP contribution is -2.36. The van der Waals surface area contributed by atoms with E-state index < -0.39 is 0 Å². The summed E-state index contributed by atoms with van der Waals surface area (Å²) in [4.78, 5) is 26.6. The molecule has 1 amide bonds. The Morgan fingerprint density at radius 2 is 2.12 bits per heavy atom. The van der Waals surface area contributed by atoms with Gasteiger partial charge in [-0.1, -0.05) is 26.0 Å². The molecule has 0 unspecified atom stereocenters. The third-order valence-corrected chi connectivity index (χ3v) is 4.33. The zero-order chi connectivity index (χ0) is 18.7. The maximum atomic E-state index is 13.0. The number of hydrogen-bond acceptors (Lipinski definition) is 4. The minimum absolute atomic E-state index is 0.0589. The van der Waals surface area contributed by atoms with Gasteiger partial charge in [-0.2, -0.15) is 0 Å². The summed E-state index contributed by atoms with van der Waals surface area (Å²) in [5.74, 6) is 1.84. The highest BCUT2D eigenvalue weighted by molar-refractivity contribution is 5.81. The number of aromatic amines is 1. The van der Waals surface area contributed by atoms with E-state index in [-0.39, 0.29) is 31.5 Å². The van der Waals surface area contributed by atoms with E-state index in [0.717, 1.165) is 28.4 Å². The molecule has 0 atom stereocenters. The van der Waals surface area contributed by atoms with Crippen LogP contribution in [0, 0.1) is 6.92 Å². The standard InChI is InChI=1S/C19H25N5O2/c1-13(2)19-22-16-6-4-5-7-17(16)24(19)12-18(26)23(8-9-25)11-15-10-20-14(3)21-15/h4-7,10,13,25H,8-9,11-12H2,1-3H3,(H,20,21). The minimum atomic E-state index is -0.0828. The van der Waals surface area contributed by atoms with E-state index in [4.69, 9.17) is 0 Å². The lowest BCUT2D eigenvalue weighted by Gasteiger charge is -2.22. The van der Waals surface area contributed by atoms with Gasteiger partial charge in [0, 0.05) is 12.5 Å². The quantitative estimate of drug-likeness (QED) is 0.680. The Hall–Kier alpha value is -2.67. The van der Waals surface area contributed by atoms with Gasteiger partial charge in [0.15, 0.2) is 0 Å². The summed E-state index contributed by atoms with van der Waals surface area (Å²) in [5.41, 5.74) is 2.69. The van der Waals surface area contributed by atoms with Gasteiger partial charge in [-0.3, -0.25) is 4.79 Å². The van der Waals surface area contributed by atoms with E-state index in [9.17, 15) is 9.90 Å². The number of para-hydroxylation sites is 2. The Morgan fingerprint density at radius 1 is 1.35 bits per heavy atom. The average molecular weight is 355 g/mol. The fourth-order valence-electron chi connectivity index (χ4n) is 3.11. The number of fused-ring (bicyclic) bond motifs is 1. The van der Waals surface area contributed by atoms with E-state index in [1.54, 1.807) is 11.1 Å². The highest BCUT2D eigenvalue weighted by Gasteiger charge is 2.20. The highest BCUT2D eigenvalue weighted by Crippen LogP contribution is 2.22. The number of hydrogen-bond donors (Lipinski definition) is 2. The molecule has 0 spiro atoms. The molecule has 2 heterocycles. The van der Waals surface area contributed by atoms with Crippen LogP contribution in [-0.4, -0.2) is 48.6 Å². The van der Waals surface area contributed by atoms with Crippen LogP contribution in [-0.2, 0) is 17.9 Å². The summed E-state index contributed by atoms with van der Waals surface area (Å²) < 4.78 is 1.98. The molecule has 0 aliphatic carbocycles. The fourth-order valence-corrected chi connectivity index (χ4v) is 3.11. The number of carbonyl (C=O) groups is 1. The molecule has 7 nitrogen and oxygen atoms in total. The number of carbonyl (C=O) groups excluding carboxylic acids is 1. The molecule has 1 aromatic carbocycles. The van der Waals surface area contributed by atoms with Crippen LogP contribution in [0.5, 0.6) is 0 Å². The summed E-state index contributed by atoms with van der Waals surface area (Å²) in [7, 11) is 0. The largest absolute Gasteiger partial charge is 0.395 e. The summed E-state index contributed by atoms with van der Waals surface area (Å²) in [6.07, 6.45) is 1.72. The van der Waals surface area contributed by atoms with Gasteiger partial charge in [0.05, 0.1) is 36.1 Å². The molecule has 7 heteroatoms. The highest BCUT2D eigenvalue weighted by atomic mass is 16.3. The van der Waals surface area contributed by atoms with Crippen molar-refractivity contribution in [2.45, 2.75) is 39.8 Å². The van der Waals surface area contributed by atoms with Gasteiger partial charge in [-0.05, 0) is 19.1 Å². The monoisotopic (exact) mass is 355 g/mol. The molecule has 0 aliphatic rings. The first-order valence-corrected chi connectivity index (χ1v) is 8.84. The fraction of sp³-hybridized carbons (Fsp3) is 0.421. The van der Waals surface area contributed by atoms with Crippen molar-refractivity contribution in [3.63, 3.8) is 0 Å². The molecule has 0 fully saturated rings. The Morgan fingerprint density at radius 3 is 2.77 bits per heavy atom. The molecule has 0 radical (unpaired) electrons. The first kappa shape index (κ1) is 18.1. The molecule has 138 valence electrons. The van der Waals surface area contributed by atoms with E-state index in [1.165, 1.54) is 0 Å². The van der Waals surface area contributed by atoms with Crippen LogP contribution < -0.4 is 0 Å². The lowest BCUT2D eigenvalue weighted by molar-refractivity contribution is -0.133. The van der Waals surface area contributed by atoms with Crippen LogP contribution >= 0.6 is 0 Å². The van der Waals surface area contributed by atoms with Crippen LogP contribution in [0.25, 0.3) is 11.0 Å². The third kappa shape index (κ3) is 3.77. The second-order valence-electron chi connectivity index (χ2n) is 6.73. The predicted molar refractivity (Wildman–Crippen MR) is 99.6 cm³/mol. The lowest BCUT2D eigenvalue weighted by atomic mass is 10.2. The third-order valence-electron chi connectivity index (χ3n) is 4.33. The molecular formula is C19H25N5O2. The molecule has 2 N–H and O–H groups in total. The number of aromatic nitrogens is 4. The first-order valence-electron chi connectivity index (χ1n) is 8.84. The summed E-state index contributed by atoms with van der Waals surface area (Å²) >= 11 is 0. The number of imidazole rings is 2. The second-order valence-corrected chi connectivity index (χ2v) is 6.73. The molecule has 0 saturated carbocycles. The van der Waals surface area contributed by atoms with Crippen LogP contribution in [0.1, 0.15) is 37.1 Å². The van der Waals surface area contributed by atoms with Crippen molar-refractivity contribution in [2.24, 2.45) is 0 Å². The Labute approximate surface area is 152 Å². The number of aliphatic hydroxyl groups is 1. The number of nitrogens with zero attached hydrogens (tertiary/aromatic N) is 4. The maximum Gasteiger partial charge on any atom is 0.243 e. The minimum Gasteiger partial charge on any atom is -0.395 e. The molecule has 2 aromatic heterocycles. The van der Waals surface area contributed by atoms with Crippen molar-refractivity contribution in [3.8, 4) is 0 Å². The molecular weight excluding hydrogens is 330 g/mol.